The first-order chi connectivity index (χ1) is 9.69. The SMILES string of the molecule is Cc1cc(C(=O)NC(C2CC2)C2CC2)sc1C#CCN. The highest BCUT2D eigenvalue weighted by atomic mass is 32.1. The van der Waals surface area contributed by atoms with Gasteiger partial charge in [-0.25, -0.2) is 0 Å². The molecule has 2 saturated carbocycles. The monoisotopic (exact) mass is 288 g/mol. The number of carbonyl (C=O) groups excluding carboxylic acids is 1. The second-order valence-electron chi connectivity index (χ2n) is 5.80. The predicted molar refractivity (Wildman–Crippen MR) is 81.7 cm³/mol. The smallest absolute Gasteiger partial charge is 0.261 e. The van der Waals surface area contributed by atoms with Gasteiger partial charge in [0.1, 0.15) is 0 Å². The second kappa shape index (κ2) is 5.59. The van der Waals surface area contributed by atoms with E-state index in [0.29, 0.717) is 12.6 Å². The van der Waals surface area contributed by atoms with E-state index >= 15 is 0 Å². The van der Waals surface area contributed by atoms with Crippen molar-refractivity contribution in [3.05, 3.63) is 21.4 Å². The zero-order chi connectivity index (χ0) is 14.1. The maximum atomic E-state index is 12.4. The van der Waals surface area contributed by atoms with Crippen molar-refractivity contribution in [1.29, 1.82) is 0 Å². The van der Waals surface area contributed by atoms with E-state index in [1.165, 1.54) is 37.0 Å². The van der Waals surface area contributed by atoms with Crippen LogP contribution in [0.2, 0.25) is 0 Å². The van der Waals surface area contributed by atoms with Gasteiger partial charge in [0.05, 0.1) is 16.3 Å². The number of nitrogens with two attached hydrogens (primary N) is 1. The molecule has 0 aromatic carbocycles. The number of aryl methyl sites for hydroxylation is 1. The normalized spacial score (nSPS) is 17.8. The average molecular weight is 288 g/mol. The molecule has 0 aliphatic heterocycles. The van der Waals surface area contributed by atoms with Gasteiger partial charge in [-0.15, -0.1) is 11.3 Å². The van der Waals surface area contributed by atoms with E-state index in [2.05, 4.69) is 17.2 Å². The lowest BCUT2D eigenvalue weighted by atomic mass is 10.1. The first kappa shape index (κ1) is 13.7. The molecule has 1 aromatic rings. The van der Waals surface area contributed by atoms with Gasteiger partial charge in [0.25, 0.3) is 5.91 Å². The number of carbonyl (C=O) groups is 1. The Morgan fingerprint density at radius 2 is 2.10 bits per heavy atom. The molecule has 20 heavy (non-hydrogen) atoms. The second-order valence-corrected chi connectivity index (χ2v) is 6.85. The van der Waals surface area contributed by atoms with Crippen LogP contribution in [0.25, 0.3) is 0 Å². The number of hydrogen-bond donors (Lipinski definition) is 2. The first-order valence-corrected chi connectivity index (χ1v) is 8.11. The fourth-order valence-corrected chi connectivity index (χ4v) is 3.55. The van der Waals surface area contributed by atoms with E-state index in [1.807, 2.05) is 13.0 Å². The summed E-state index contributed by atoms with van der Waals surface area (Å²) >= 11 is 1.47. The summed E-state index contributed by atoms with van der Waals surface area (Å²) in [5, 5.41) is 3.25. The Hall–Kier alpha value is -1.31. The van der Waals surface area contributed by atoms with E-state index in [1.54, 1.807) is 0 Å². The van der Waals surface area contributed by atoms with E-state index in [-0.39, 0.29) is 5.91 Å². The minimum absolute atomic E-state index is 0.0719. The summed E-state index contributed by atoms with van der Waals surface area (Å²) in [6, 6.07) is 2.35. The maximum absolute atomic E-state index is 12.4. The molecule has 4 heteroatoms. The van der Waals surface area contributed by atoms with Crippen molar-refractivity contribution in [2.45, 2.75) is 38.6 Å². The third-order valence-corrected chi connectivity index (χ3v) is 5.15. The summed E-state index contributed by atoms with van der Waals surface area (Å²) < 4.78 is 0. The van der Waals surface area contributed by atoms with Gasteiger partial charge in [0.2, 0.25) is 0 Å². The molecule has 3 nitrogen and oxygen atoms in total. The van der Waals surface area contributed by atoms with Gasteiger partial charge >= 0.3 is 0 Å². The Balaban J connectivity index is 1.70. The van der Waals surface area contributed by atoms with E-state index in [0.717, 1.165) is 27.2 Å². The molecule has 0 unspecified atom stereocenters. The minimum Gasteiger partial charge on any atom is -0.348 e. The Bertz CT molecular complexity index is 561. The fourth-order valence-electron chi connectivity index (χ4n) is 2.60. The van der Waals surface area contributed by atoms with Crippen molar-refractivity contribution in [3.8, 4) is 11.8 Å². The summed E-state index contributed by atoms with van der Waals surface area (Å²) in [5.41, 5.74) is 6.46. The molecule has 2 aliphatic carbocycles. The van der Waals surface area contributed by atoms with Crippen molar-refractivity contribution < 1.29 is 4.79 Å². The molecular weight excluding hydrogens is 268 g/mol. The molecule has 106 valence electrons. The molecular formula is C16H20N2OS. The lowest BCUT2D eigenvalue weighted by molar-refractivity contribution is 0.0930. The highest BCUT2D eigenvalue weighted by molar-refractivity contribution is 7.14. The predicted octanol–water partition coefficient (Wildman–Crippen LogP) is 2.29. The van der Waals surface area contributed by atoms with Crippen molar-refractivity contribution in [2.24, 2.45) is 17.6 Å². The van der Waals surface area contributed by atoms with Crippen LogP contribution in [0.4, 0.5) is 0 Å². The van der Waals surface area contributed by atoms with Crippen LogP contribution in [0.1, 0.15) is 45.8 Å². The Labute approximate surface area is 123 Å². The number of amides is 1. The summed E-state index contributed by atoms with van der Waals surface area (Å²) in [4.78, 5) is 14.1. The summed E-state index contributed by atoms with van der Waals surface area (Å²) in [5.74, 6) is 7.41. The zero-order valence-corrected chi connectivity index (χ0v) is 12.6. The molecule has 0 atom stereocenters. The van der Waals surface area contributed by atoms with E-state index in [9.17, 15) is 4.79 Å². The molecule has 1 amide bonds. The molecule has 0 bridgehead atoms. The molecule has 1 aromatic heterocycles. The van der Waals surface area contributed by atoms with Crippen LogP contribution in [0, 0.1) is 30.6 Å². The maximum Gasteiger partial charge on any atom is 0.261 e. The third kappa shape index (κ3) is 3.05. The highest BCUT2D eigenvalue weighted by Gasteiger charge is 2.42. The van der Waals surface area contributed by atoms with Crippen molar-refractivity contribution in [2.75, 3.05) is 6.54 Å². The Morgan fingerprint density at radius 3 is 2.65 bits per heavy atom. The van der Waals surface area contributed by atoms with Crippen LogP contribution < -0.4 is 11.1 Å². The van der Waals surface area contributed by atoms with Crippen molar-refractivity contribution in [3.63, 3.8) is 0 Å². The molecule has 3 N–H and O–H groups in total. The summed E-state index contributed by atoms with van der Waals surface area (Å²) in [7, 11) is 0. The molecule has 1 heterocycles. The fraction of sp³-hybridized carbons (Fsp3) is 0.562. The van der Waals surface area contributed by atoms with Gasteiger partial charge in [0, 0.05) is 6.04 Å². The largest absolute Gasteiger partial charge is 0.348 e. The van der Waals surface area contributed by atoms with Crippen LogP contribution in [-0.2, 0) is 0 Å². The standard InChI is InChI=1S/C16H20N2OS/c1-10-9-14(20-13(10)3-2-8-17)16(19)18-15(11-4-5-11)12-6-7-12/h9,11-12,15H,4-8,17H2,1H3,(H,18,19). The van der Waals surface area contributed by atoms with Crippen LogP contribution in [-0.4, -0.2) is 18.5 Å². The number of rotatable bonds is 4. The van der Waals surface area contributed by atoms with Gasteiger partial charge in [-0.05, 0) is 56.1 Å². The molecule has 0 spiro atoms. The van der Waals surface area contributed by atoms with Crippen molar-refractivity contribution in [1.82, 2.24) is 5.32 Å². The number of thiophene rings is 1. The Morgan fingerprint density at radius 1 is 1.45 bits per heavy atom. The quantitative estimate of drug-likeness (QED) is 0.835. The topological polar surface area (TPSA) is 55.1 Å². The van der Waals surface area contributed by atoms with Crippen molar-refractivity contribution >= 4 is 17.2 Å². The van der Waals surface area contributed by atoms with E-state index in [4.69, 9.17) is 5.73 Å². The average Bonchev–Trinajstić information content (AvgIpc) is 3.33. The highest BCUT2D eigenvalue weighted by Crippen LogP contribution is 2.44. The van der Waals surface area contributed by atoms with Gasteiger partial charge in [0.15, 0.2) is 0 Å². The summed E-state index contributed by atoms with van der Waals surface area (Å²) in [6.45, 7) is 2.34. The molecule has 2 fully saturated rings. The van der Waals surface area contributed by atoms with Gasteiger partial charge in [-0.3, -0.25) is 4.79 Å². The van der Waals surface area contributed by atoms with Crippen LogP contribution >= 0.6 is 11.3 Å². The van der Waals surface area contributed by atoms with Crippen LogP contribution in [0.15, 0.2) is 6.07 Å². The lowest BCUT2D eigenvalue weighted by Crippen LogP contribution is -2.37. The molecule has 0 radical (unpaired) electrons. The summed E-state index contributed by atoms with van der Waals surface area (Å²) in [6.07, 6.45) is 5.10. The molecule has 2 aliphatic rings. The zero-order valence-electron chi connectivity index (χ0n) is 11.7. The third-order valence-electron chi connectivity index (χ3n) is 4.00. The minimum atomic E-state index is 0.0719. The van der Waals surface area contributed by atoms with Gasteiger partial charge < -0.3 is 11.1 Å². The Kier molecular flexibility index (Phi) is 3.82. The van der Waals surface area contributed by atoms with Gasteiger partial charge in [-0.2, -0.15) is 0 Å². The molecule has 3 rings (SSSR count). The lowest BCUT2D eigenvalue weighted by Gasteiger charge is -2.16. The molecule has 0 saturated heterocycles. The number of hydrogen-bond acceptors (Lipinski definition) is 3. The van der Waals surface area contributed by atoms with Gasteiger partial charge in [-0.1, -0.05) is 11.8 Å². The van der Waals surface area contributed by atoms with E-state index < -0.39 is 0 Å². The van der Waals surface area contributed by atoms with Crippen LogP contribution in [0.5, 0.6) is 0 Å². The first-order valence-electron chi connectivity index (χ1n) is 7.29. The van der Waals surface area contributed by atoms with Crippen LogP contribution in [0.3, 0.4) is 0 Å². The number of nitrogens with one attached hydrogen (secondary N) is 1.